The van der Waals surface area contributed by atoms with Gasteiger partial charge in [-0.05, 0) is 32.9 Å². The number of rotatable bonds is 5. The Balaban J connectivity index is 2.74. The van der Waals surface area contributed by atoms with Gasteiger partial charge in [0.05, 0.1) is 12.2 Å². The molecule has 0 aliphatic heterocycles. The first-order valence-corrected chi connectivity index (χ1v) is 5.49. The molecule has 0 spiro atoms. The molecule has 94 valence electrons. The number of carboxylic acids is 1. The van der Waals surface area contributed by atoms with Crippen LogP contribution < -0.4 is 4.74 Å². The van der Waals surface area contributed by atoms with Crippen LogP contribution in [0.4, 0.5) is 0 Å². The molecule has 0 bridgehead atoms. The number of carboxylic acid groups (broad SMARTS) is 1. The van der Waals surface area contributed by atoms with Gasteiger partial charge in [-0.15, -0.1) is 0 Å². The molecule has 2 N–H and O–H groups in total. The summed E-state index contributed by atoms with van der Waals surface area (Å²) >= 11 is 0. The summed E-state index contributed by atoms with van der Waals surface area (Å²) in [5.74, 6) is -0.667. The number of aryl methyl sites for hydroxylation is 1. The van der Waals surface area contributed by atoms with Crippen molar-refractivity contribution in [3.63, 3.8) is 0 Å². The molecule has 0 aromatic heterocycles. The third-order valence-electron chi connectivity index (χ3n) is 2.34. The fourth-order valence-electron chi connectivity index (χ4n) is 1.35. The number of hydrogen-bond donors (Lipinski definition) is 2. The number of carbonyl (C=O) groups is 1. The third kappa shape index (κ3) is 4.44. The molecule has 1 rings (SSSR count). The van der Waals surface area contributed by atoms with E-state index in [9.17, 15) is 9.90 Å². The summed E-state index contributed by atoms with van der Waals surface area (Å²) in [6.45, 7) is 5.48. The number of benzene rings is 1. The Labute approximate surface area is 101 Å². The van der Waals surface area contributed by atoms with E-state index >= 15 is 0 Å². The summed E-state index contributed by atoms with van der Waals surface area (Å²) in [6.07, 6.45) is 0.444. The normalized spacial score (nSPS) is 11.3. The molecule has 0 saturated carbocycles. The van der Waals surface area contributed by atoms with Crippen molar-refractivity contribution >= 4 is 5.97 Å². The van der Waals surface area contributed by atoms with E-state index in [4.69, 9.17) is 9.84 Å². The Bertz CT molecular complexity index is 404. The predicted octanol–water partition coefficient (Wildman–Crippen LogP) is 2.23. The first-order valence-electron chi connectivity index (χ1n) is 5.49. The highest BCUT2D eigenvalue weighted by molar-refractivity contribution is 5.91. The van der Waals surface area contributed by atoms with E-state index < -0.39 is 11.6 Å². The van der Waals surface area contributed by atoms with Crippen molar-refractivity contribution in [2.75, 3.05) is 6.61 Å². The van der Waals surface area contributed by atoms with Crippen molar-refractivity contribution in [3.8, 4) is 5.75 Å². The zero-order valence-corrected chi connectivity index (χ0v) is 10.4. The molecule has 1 aromatic rings. The highest BCUT2D eigenvalue weighted by Gasteiger charge is 2.15. The lowest BCUT2D eigenvalue weighted by molar-refractivity contribution is 0.0548. The largest absolute Gasteiger partial charge is 0.493 e. The van der Waals surface area contributed by atoms with E-state index in [1.54, 1.807) is 32.0 Å². The molecular weight excluding hydrogens is 220 g/mol. The van der Waals surface area contributed by atoms with Crippen molar-refractivity contribution in [2.45, 2.75) is 32.8 Å². The maximum atomic E-state index is 11.0. The molecule has 0 heterocycles. The smallest absolute Gasteiger partial charge is 0.339 e. The Hall–Kier alpha value is -1.55. The second kappa shape index (κ2) is 5.19. The highest BCUT2D eigenvalue weighted by atomic mass is 16.5. The number of ether oxygens (including phenoxy) is 1. The number of aromatic carboxylic acids is 1. The van der Waals surface area contributed by atoms with E-state index in [0.717, 1.165) is 5.56 Å². The van der Waals surface area contributed by atoms with Crippen molar-refractivity contribution in [2.24, 2.45) is 0 Å². The van der Waals surface area contributed by atoms with Gasteiger partial charge < -0.3 is 14.9 Å². The minimum atomic E-state index is -1.01. The Morgan fingerprint density at radius 2 is 2.06 bits per heavy atom. The summed E-state index contributed by atoms with van der Waals surface area (Å²) in [4.78, 5) is 11.0. The van der Waals surface area contributed by atoms with Gasteiger partial charge in [0.1, 0.15) is 11.3 Å². The Kier molecular flexibility index (Phi) is 4.12. The van der Waals surface area contributed by atoms with E-state index in [2.05, 4.69) is 0 Å². The van der Waals surface area contributed by atoms with Gasteiger partial charge in [0.25, 0.3) is 0 Å². The lowest BCUT2D eigenvalue weighted by Crippen LogP contribution is -2.22. The first-order chi connectivity index (χ1) is 7.79. The molecule has 0 amide bonds. The van der Waals surface area contributed by atoms with Crippen LogP contribution in [0.1, 0.15) is 36.2 Å². The van der Waals surface area contributed by atoms with Crippen LogP contribution in [-0.2, 0) is 0 Å². The van der Waals surface area contributed by atoms with E-state index in [1.165, 1.54) is 0 Å². The zero-order valence-electron chi connectivity index (χ0n) is 10.4. The molecular formula is C13H18O4. The molecule has 4 heteroatoms. The molecule has 4 nitrogen and oxygen atoms in total. The molecule has 0 aliphatic rings. The van der Waals surface area contributed by atoms with Crippen molar-refractivity contribution in [1.82, 2.24) is 0 Å². The summed E-state index contributed by atoms with van der Waals surface area (Å²) < 4.78 is 5.39. The monoisotopic (exact) mass is 238 g/mol. The summed E-state index contributed by atoms with van der Waals surface area (Å²) in [5, 5.41) is 18.5. The fourth-order valence-corrected chi connectivity index (χ4v) is 1.35. The molecule has 1 aromatic carbocycles. The van der Waals surface area contributed by atoms with Crippen LogP contribution in [0.2, 0.25) is 0 Å². The van der Waals surface area contributed by atoms with Crippen molar-refractivity contribution in [1.29, 1.82) is 0 Å². The predicted molar refractivity (Wildman–Crippen MR) is 64.5 cm³/mol. The van der Waals surface area contributed by atoms with E-state index in [0.29, 0.717) is 12.2 Å². The van der Waals surface area contributed by atoms with Gasteiger partial charge in [-0.2, -0.15) is 0 Å². The summed E-state index contributed by atoms with van der Waals surface area (Å²) in [5.41, 5.74) is 0.214. The molecule has 0 unspecified atom stereocenters. The average Bonchev–Trinajstić information content (AvgIpc) is 2.18. The Morgan fingerprint density at radius 3 is 2.59 bits per heavy atom. The summed E-state index contributed by atoms with van der Waals surface area (Å²) in [7, 11) is 0. The van der Waals surface area contributed by atoms with Gasteiger partial charge >= 0.3 is 5.97 Å². The molecule has 0 aliphatic carbocycles. The van der Waals surface area contributed by atoms with Crippen LogP contribution in [-0.4, -0.2) is 28.4 Å². The molecule has 0 radical (unpaired) electrons. The standard InChI is InChI=1S/C13H18O4/c1-9-4-5-11(10(8-9)12(14)15)17-7-6-13(2,3)16/h4-5,8,16H,6-7H2,1-3H3,(H,14,15). The number of aliphatic hydroxyl groups is 1. The molecule has 0 fully saturated rings. The Morgan fingerprint density at radius 1 is 1.41 bits per heavy atom. The SMILES string of the molecule is Cc1ccc(OCCC(C)(C)O)c(C(=O)O)c1. The number of hydrogen-bond acceptors (Lipinski definition) is 3. The van der Waals surface area contributed by atoms with Gasteiger partial charge in [0.2, 0.25) is 0 Å². The molecule has 0 atom stereocenters. The van der Waals surface area contributed by atoms with Gasteiger partial charge in [-0.3, -0.25) is 0 Å². The van der Waals surface area contributed by atoms with E-state index in [-0.39, 0.29) is 12.2 Å². The van der Waals surface area contributed by atoms with Crippen LogP contribution in [0.5, 0.6) is 5.75 Å². The minimum absolute atomic E-state index is 0.153. The fraction of sp³-hybridized carbons (Fsp3) is 0.462. The minimum Gasteiger partial charge on any atom is -0.493 e. The van der Waals surface area contributed by atoms with Gasteiger partial charge in [0, 0.05) is 6.42 Å². The van der Waals surface area contributed by atoms with Gasteiger partial charge in [0.15, 0.2) is 0 Å². The van der Waals surface area contributed by atoms with E-state index in [1.807, 2.05) is 6.92 Å². The summed E-state index contributed by atoms with van der Waals surface area (Å²) in [6, 6.07) is 5.01. The van der Waals surface area contributed by atoms with Crippen LogP contribution in [0.25, 0.3) is 0 Å². The second-order valence-electron chi connectivity index (χ2n) is 4.72. The first kappa shape index (κ1) is 13.5. The topological polar surface area (TPSA) is 66.8 Å². The van der Waals surface area contributed by atoms with Gasteiger partial charge in [-0.25, -0.2) is 4.79 Å². The molecule has 0 saturated heterocycles. The third-order valence-corrected chi connectivity index (χ3v) is 2.34. The maximum Gasteiger partial charge on any atom is 0.339 e. The highest BCUT2D eigenvalue weighted by Crippen LogP contribution is 2.21. The van der Waals surface area contributed by atoms with Gasteiger partial charge in [-0.1, -0.05) is 11.6 Å². The maximum absolute atomic E-state index is 11.0. The van der Waals surface area contributed by atoms with Crippen LogP contribution in [0.3, 0.4) is 0 Å². The average molecular weight is 238 g/mol. The van der Waals surface area contributed by atoms with Crippen molar-refractivity contribution < 1.29 is 19.7 Å². The van der Waals surface area contributed by atoms with Crippen molar-refractivity contribution in [3.05, 3.63) is 29.3 Å². The van der Waals surface area contributed by atoms with Crippen LogP contribution in [0, 0.1) is 6.92 Å². The second-order valence-corrected chi connectivity index (χ2v) is 4.72. The molecule has 17 heavy (non-hydrogen) atoms. The van der Waals surface area contributed by atoms with Crippen LogP contribution in [0.15, 0.2) is 18.2 Å². The van der Waals surface area contributed by atoms with Crippen LogP contribution >= 0.6 is 0 Å². The lowest BCUT2D eigenvalue weighted by Gasteiger charge is -2.17. The quantitative estimate of drug-likeness (QED) is 0.825. The zero-order chi connectivity index (χ0) is 13.1. The lowest BCUT2D eigenvalue weighted by atomic mass is 10.1.